The number of hydrogen-bond acceptors (Lipinski definition) is 3. The Labute approximate surface area is 132 Å². The molecule has 0 amide bonds. The molecule has 3 rings (SSSR count). The fourth-order valence-corrected chi connectivity index (χ4v) is 2.94. The fourth-order valence-electron chi connectivity index (χ4n) is 2.63. The predicted octanol–water partition coefficient (Wildman–Crippen LogP) is 3.53. The van der Waals surface area contributed by atoms with Gasteiger partial charge >= 0.3 is 7.12 Å². The lowest BCUT2D eigenvalue weighted by Crippen LogP contribution is -2.41. The van der Waals surface area contributed by atoms with Gasteiger partial charge in [0.25, 0.3) is 0 Å². The molecule has 0 aromatic heterocycles. The highest BCUT2D eigenvalue weighted by molar-refractivity contribution is 6.63. The molecule has 1 aromatic rings. The summed E-state index contributed by atoms with van der Waals surface area (Å²) in [5, 5.41) is 0.773. The van der Waals surface area contributed by atoms with Crippen LogP contribution in [0.25, 0.3) is 0 Å². The van der Waals surface area contributed by atoms with Crippen molar-refractivity contribution in [2.75, 3.05) is 7.11 Å². The van der Waals surface area contributed by atoms with Gasteiger partial charge in [0.15, 0.2) is 0 Å². The fraction of sp³-hybridized carbons (Fsp3) is 0.625. The molecule has 0 spiro atoms. The van der Waals surface area contributed by atoms with Crippen LogP contribution in [-0.2, 0) is 9.31 Å². The zero-order chi connectivity index (χ0) is 15.4. The maximum atomic E-state index is 6.37. The van der Waals surface area contributed by atoms with Gasteiger partial charge in [-0.3, -0.25) is 0 Å². The van der Waals surface area contributed by atoms with E-state index in [1.807, 2.05) is 6.07 Å². The number of ether oxygens (including phenoxy) is 1. The highest BCUT2D eigenvalue weighted by Gasteiger charge is 2.52. The summed E-state index contributed by atoms with van der Waals surface area (Å²) in [4.78, 5) is 0. The number of benzene rings is 1. The van der Waals surface area contributed by atoms with Crippen LogP contribution in [0, 0.1) is 0 Å². The molecule has 21 heavy (non-hydrogen) atoms. The molecule has 1 saturated carbocycles. The molecule has 0 N–H and O–H groups in total. The van der Waals surface area contributed by atoms with Gasteiger partial charge in [0.1, 0.15) is 5.75 Å². The number of rotatable bonds is 3. The summed E-state index contributed by atoms with van der Waals surface area (Å²) in [6, 6.07) is 3.98. The molecule has 0 radical (unpaired) electrons. The van der Waals surface area contributed by atoms with Gasteiger partial charge < -0.3 is 14.0 Å². The molecular weight excluding hydrogens is 286 g/mol. The van der Waals surface area contributed by atoms with E-state index in [1.54, 1.807) is 7.11 Å². The molecule has 1 saturated heterocycles. The van der Waals surface area contributed by atoms with Crippen LogP contribution in [0.5, 0.6) is 5.75 Å². The average molecular weight is 309 g/mol. The minimum atomic E-state index is -0.417. The summed E-state index contributed by atoms with van der Waals surface area (Å²) in [6.07, 6.45) is 2.41. The minimum absolute atomic E-state index is 0.359. The lowest BCUT2D eigenvalue weighted by Gasteiger charge is -2.32. The quantitative estimate of drug-likeness (QED) is 0.800. The van der Waals surface area contributed by atoms with E-state index in [1.165, 1.54) is 18.4 Å². The summed E-state index contributed by atoms with van der Waals surface area (Å²) < 4.78 is 17.8. The number of methoxy groups -OCH3 is 1. The summed E-state index contributed by atoms with van der Waals surface area (Å²) in [6.45, 7) is 8.21. The first-order valence-electron chi connectivity index (χ1n) is 7.48. The van der Waals surface area contributed by atoms with Crippen molar-refractivity contribution >= 4 is 24.2 Å². The van der Waals surface area contributed by atoms with E-state index < -0.39 is 7.12 Å². The Morgan fingerprint density at radius 3 is 2.19 bits per heavy atom. The molecule has 3 nitrogen and oxygen atoms in total. The van der Waals surface area contributed by atoms with Crippen molar-refractivity contribution in [2.24, 2.45) is 0 Å². The summed E-state index contributed by atoms with van der Waals surface area (Å²) in [5.74, 6) is 1.30. The monoisotopic (exact) mass is 308 g/mol. The van der Waals surface area contributed by atoms with Gasteiger partial charge in [-0.2, -0.15) is 0 Å². The summed E-state index contributed by atoms with van der Waals surface area (Å²) in [5.41, 5.74) is 1.40. The second-order valence-electron chi connectivity index (χ2n) is 6.98. The smallest absolute Gasteiger partial charge is 0.497 e. The SMILES string of the molecule is COc1cc(Cl)c(C2CC2)cc1B1OC(C)(C)C(C)(C)O1. The van der Waals surface area contributed by atoms with Crippen LogP contribution >= 0.6 is 11.6 Å². The number of hydrogen-bond donors (Lipinski definition) is 0. The number of halogens is 1. The van der Waals surface area contributed by atoms with Crippen LogP contribution in [0.1, 0.15) is 52.0 Å². The molecule has 5 heteroatoms. The first-order chi connectivity index (χ1) is 9.75. The standard InChI is InChI=1S/C16H22BClO3/c1-15(2)16(3,4)21-17(20-15)12-8-11(10-6-7-10)13(18)9-14(12)19-5/h8-10H,6-7H2,1-5H3. The van der Waals surface area contributed by atoms with E-state index in [0.29, 0.717) is 5.92 Å². The van der Waals surface area contributed by atoms with Crippen molar-refractivity contribution in [3.63, 3.8) is 0 Å². The lowest BCUT2D eigenvalue weighted by atomic mass is 9.77. The summed E-state index contributed by atoms with van der Waals surface area (Å²) >= 11 is 6.37. The van der Waals surface area contributed by atoms with Crippen molar-refractivity contribution in [1.29, 1.82) is 0 Å². The molecule has 1 heterocycles. The molecule has 2 aliphatic rings. The molecule has 114 valence electrons. The third kappa shape index (κ3) is 2.58. The minimum Gasteiger partial charge on any atom is -0.497 e. The molecule has 1 aliphatic carbocycles. The Kier molecular flexibility index (Phi) is 3.55. The average Bonchev–Trinajstić information content (AvgIpc) is 3.17. The van der Waals surface area contributed by atoms with Crippen LogP contribution in [-0.4, -0.2) is 25.4 Å². The predicted molar refractivity (Wildman–Crippen MR) is 85.7 cm³/mol. The van der Waals surface area contributed by atoms with Crippen molar-refractivity contribution in [3.8, 4) is 5.75 Å². The highest BCUT2D eigenvalue weighted by atomic mass is 35.5. The molecule has 0 bridgehead atoms. The first kappa shape index (κ1) is 15.2. The maximum absolute atomic E-state index is 6.37. The Balaban J connectivity index is 2.00. The normalized spacial score (nSPS) is 23.4. The van der Waals surface area contributed by atoms with E-state index in [4.69, 9.17) is 25.6 Å². The second kappa shape index (κ2) is 4.90. The topological polar surface area (TPSA) is 27.7 Å². The molecule has 0 atom stereocenters. The molecule has 0 unspecified atom stereocenters. The zero-order valence-corrected chi connectivity index (χ0v) is 14.1. The van der Waals surface area contributed by atoms with Gasteiger partial charge in [-0.05, 0) is 58.1 Å². The molecular formula is C16H22BClO3. The van der Waals surface area contributed by atoms with Crippen molar-refractivity contribution < 1.29 is 14.0 Å². The second-order valence-corrected chi connectivity index (χ2v) is 7.39. The van der Waals surface area contributed by atoms with E-state index in [9.17, 15) is 0 Å². The third-order valence-corrected chi connectivity index (χ3v) is 5.20. The molecule has 2 fully saturated rings. The first-order valence-corrected chi connectivity index (χ1v) is 7.86. The van der Waals surface area contributed by atoms with Gasteiger partial charge in [0, 0.05) is 10.5 Å². The Bertz CT molecular complexity index is 551. The Hall–Kier alpha value is -0.705. The van der Waals surface area contributed by atoms with E-state index in [0.717, 1.165) is 16.2 Å². The van der Waals surface area contributed by atoms with Crippen LogP contribution in [0.4, 0.5) is 0 Å². The Morgan fingerprint density at radius 1 is 1.14 bits per heavy atom. The van der Waals surface area contributed by atoms with Gasteiger partial charge in [0.05, 0.1) is 18.3 Å². The van der Waals surface area contributed by atoms with Crippen molar-refractivity contribution in [2.45, 2.75) is 57.7 Å². The van der Waals surface area contributed by atoms with Gasteiger partial charge in [0.2, 0.25) is 0 Å². The van der Waals surface area contributed by atoms with Crippen molar-refractivity contribution in [1.82, 2.24) is 0 Å². The Morgan fingerprint density at radius 2 is 1.71 bits per heavy atom. The van der Waals surface area contributed by atoms with Crippen LogP contribution in [0.15, 0.2) is 12.1 Å². The lowest BCUT2D eigenvalue weighted by molar-refractivity contribution is 0.00578. The zero-order valence-electron chi connectivity index (χ0n) is 13.3. The van der Waals surface area contributed by atoms with Crippen LogP contribution in [0.3, 0.4) is 0 Å². The van der Waals surface area contributed by atoms with Gasteiger partial charge in [-0.15, -0.1) is 0 Å². The van der Waals surface area contributed by atoms with Gasteiger partial charge in [-0.1, -0.05) is 17.7 Å². The molecule has 1 aliphatic heterocycles. The highest BCUT2D eigenvalue weighted by Crippen LogP contribution is 2.44. The van der Waals surface area contributed by atoms with E-state index in [2.05, 4.69) is 33.8 Å². The van der Waals surface area contributed by atoms with Crippen LogP contribution in [0.2, 0.25) is 5.02 Å². The third-order valence-electron chi connectivity index (χ3n) is 4.87. The maximum Gasteiger partial charge on any atom is 0.498 e. The van der Waals surface area contributed by atoms with Crippen LogP contribution < -0.4 is 10.2 Å². The van der Waals surface area contributed by atoms with E-state index in [-0.39, 0.29) is 11.2 Å². The van der Waals surface area contributed by atoms with Crippen molar-refractivity contribution in [3.05, 3.63) is 22.7 Å². The summed E-state index contributed by atoms with van der Waals surface area (Å²) in [7, 11) is 1.23. The van der Waals surface area contributed by atoms with E-state index >= 15 is 0 Å². The van der Waals surface area contributed by atoms with Gasteiger partial charge in [-0.25, -0.2) is 0 Å². The molecule has 1 aromatic carbocycles. The largest absolute Gasteiger partial charge is 0.498 e.